The summed E-state index contributed by atoms with van der Waals surface area (Å²) in [6.45, 7) is 13.1. The van der Waals surface area contributed by atoms with Gasteiger partial charge in [0, 0.05) is 26.4 Å². The standard InChI is InChI=1S/2C7H14O/c2*1-7(2)3-5-8-6-4-7/h2*3-6H2,1-2H3. The summed E-state index contributed by atoms with van der Waals surface area (Å²) in [7, 11) is 0. The zero-order valence-electron chi connectivity index (χ0n) is 11.5. The molecule has 2 heterocycles. The summed E-state index contributed by atoms with van der Waals surface area (Å²) >= 11 is 0. The Morgan fingerprint density at radius 3 is 0.938 bits per heavy atom. The Balaban J connectivity index is 0.000000160. The Hall–Kier alpha value is -0.0800. The van der Waals surface area contributed by atoms with E-state index in [0.29, 0.717) is 10.8 Å². The van der Waals surface area contributed by atoms with Crippen LogP contribution < -0.4 is 0 Å². The van der Waals surface area contributed by atoms with Crippen LogP contribution in [0.1, 0.15) is 53.4 Å². The van der Waals surface area contributed by atoms with Crippen molar-refractivity contribution in [3.63, 3.8) is 0 Å². The molecule has 0 radical (unpaired) electrons. The predicted octanol–water partition coefficient (Wildman–Crippen LogP) is 3.65. The van der Waals surface area contributed by atoms with Crippen molar-refractivity contribution < 1.29 is 9.47 Å². The summed E-state index contributed by atoms with van der Waals surface area (Å²) in [5, 5.41) is 0. The lowest BCUT2D eigenvalue weighted by atomic mass is 9.85. The van der Waals surface area contributed by atoms with Crippen LogP contribution in [0.4, 0.5) is 0 Å². The van der Waals surface area contributed by atoms with Crippen LogP contribution in [0.2, 0.25) is 0 Å². The Kier molecular flexibility index (Phi) is 5.26. The van der Waals surface area contributed by atoms with Crippen LogP contribution in [-0.4, -0.2) is 26.4 Å². The van der Waals surface area contributed by atoms with Gasteiger partial charge in [-0.05, 0) is 36.5 Å². The number of hydrogen-bond donors (Lipinski definition) is 0. The highest BCUT2D eigenvalue weighted by atomic mass is 16.5. The van der Waals surface area contributed by atoms with Gasteiger partial charge in [0.05, 0.1) is 0 Å². The van der Waals surface area contributed by atoms with Gasteiger partial charge in [0.1, 0.15) is 0 Å². The van der Waals surface area contributed by atoms with Gasteiger partial charge in [0.25, 0.3) is 0 Å². The van der Waals surface area contributed by atoms with E-state index in [1.807, 2.05) is 0 Å². The molecule has 2 saturated heterocycles. The zero-order valence-corrected chi connectivity index (χ0v) is 11.5. The second-order valence-corrected chi connectivity index (χ2v) is 6.55. The monoisotopic (exact) mass is 228 g/mol. The van der Waals surface area contributed by atoms with Crippen LogP contribution >= 0.6 is 0 Å². The van der Waals surface area contributed by atoms with Gasteiger partial charge in [-0.15, -0.1) is 0 Å². The van der Waals surface area contributed by atoms with E-state index in [4.69, 9.17) is 9.47 Å². The fourth-order valence-electron chi connectivity index (χ4n) is 1.85. The number of hydrogen-bond acceptors (Lipinski definition) is 2. The smallest absolute Gasteiger partial charge is 0.0471 e. The maximum absolute atomic E-state index is 5.21. The minimum atomic E-state index is 0.554. The molecule has 0 atom stereocenters. The second kappa shape index (κ2) is 6.02. The van der Waals surface area contributed by atoms with E-state index in [2.05, 4.69) is 27.7 Å². The molecule has 0 aliphatic carbocycles. The molecule has 0 aromatic rings. The average Bonchev–Trinajstić information content (AvgIpc) is 2.17. The largest absolute Gasteiger partial charge is 0.381 e. The Morgan fingerprint density at radius 2 is 0.812 bits per heavy atom. The molecule has 16 heavy (non-hydrogen) atoms. The van der Waals surface area contributed by atoms with Gasteiger partial charge < -0.3 is 9.47 Å². The van der Waals surface area contributed by atoms with Crippen LogP contribution in [0, 0.1) is 10.8 Å². The third-order valence-corrected chi connectivity index (χ3v) is 3.69. The van der Waals surface area contributed by atoms with Crippen molar-refractivity contribution in [2.24, 2.45) is 10.8 Å². The summed E-state index contributed by atoms with van der Waals surface area (Å²) < 4.78 is 10.4. The molecule has 0 spiro atoms. The lowest BCUT2D eigenvalue weighted by Gasteiger charge is -2.28. The predicted molar refractivity (Wildman–Crippen MR) is 67.7 cm³/mol. The molecule has 2 fully saturated rings. The molecule has 2 nitrogen and oxygen atoms in total. The summed E-state index contributed by atoms with van der Waals surface area (Å²) in [6.07, 6.45) is 4.92. The van der Waals surface area contributed by atoms with Crippen LogP contribution in [0.15, 0.2) is 0 Å². The van der Waals surface area contributed by atoms with Gasteiger partial charge in [-0.1, -0.05) is 27.7 Å². The summed E-state index contributed by atoms with van der Waals surface area (Å²) in [5.41, 5.74) is 1.11. The topological polar surface area (TPSA) is 18.5 Å². The first-order chi connectivity index (χ1) is 7.41. The van der Waals surface area contributed by atoms with Crippen molar-refractivity contribution >= 4 is 0 Å². The van der Waals surface area contributed by atoms with Gasteiger partial charge in [0.2, 0.25) is 0 Å². The molecule has 0 amide bonds. The Morgan fingerprint density at radius 1 is 0.562 bits per heavy atom. The van der Waals surface area contributed by atoms with E-state index >= 15 is 0 Å². The molecule has 0 aromatic heterocycles. The molecule has 96 valence electrons. The van der Waals surface area contributed by atoms with Crippen LogP contribution in [-0.2, 0) is 9.47 Å². The number of rotatable bonds is 0. The fourth-order valence-corrected chi connectivity index (χ4v) is 1.85. The molecule has 2 rings (SSSR count). The van der Waals surface area contributed by atoms with E-state index in [-0.39, 0.29) is 0 Å². The van der Waals surface area contributed by atoms with E-state index in [0.717, 1.165) is 26.4 Å². The highest BCUT2D eigenvalue weighted by Gasteiger charge is 2.21. The Labute approximate surface area is 101 Å². The SMILES string of the molecule is CC1(C)CCOCC1.CC1(C)CCOCC1. The molecule has 0 unspecified atom stereocenters. The minimum Gasteiger partial charge on any atom is -0.381 e. The molecule has 0 bridgehead atoms. The van der Waals surface area contributed by atoms with Crippen LogP contribution in [0.25, 0.3) is 0 Å². The van der Waals surface area contributed by atoms with Gasteiger partial charge in [-0.25, -0.2) is 0 Å². The Bertz CT molecular complexity index is 159. The van der Waals surface area contributed by atoms with E-state index in [1.54, 1.807) is 0 Å². The quantitative estimate of drug-likeness (QED) is 0.630. The first-order valence-corrected chi connectivity index (χ1v) is 6.57. The molecule has 2 aliphatic rings. The number of ether oxygens (including phenoxy) is 2. The van der Waals surface area contributed by atoms with Crippen molar-refractivity contribution in [3.8, 4) is 0 Å². The maximum Gasteiger partial charge on any atom is 0.0471 e. The van der Waals surface area contributed by atoms with Gasteiger partial charge in [0.15, 0.2) is 0 Å². The molecule has 0 saturated carbocycles. The summed E-state index contributed by atoms with van der Waals surface area (Å²) in [4.78, 5) is 0. The van der Waals surface area contributed by atoms with Gasteiger partial charge >= 0.3 is 0 Å². The third kappa shape index (κ3) is 5.86. The minimum absolute atomic E-state index is 0.554. The highest BCUT2D eigenvalue weighted by Crippen LogP contribution is 2.28. The van der Waals surface area contributed by atoms with E-state index in [9.17, 15) is 0 Å². The lowest BCUT2D eigenvalue weighted by Crippen LogP contribution is -2.22. The van der Waals surface area contributed by atoms with E-state index in [1.165, 1.54) is 25.7 Å². The van der Waals surface area contributed by atoms with Crippen LogP contribution in [0.3, 0.4) is 0 Å². The molecular formula is C14H28O2. The summed E-state index contributed by atoms with van der Waals surface area (Å²) in [5.74, 6) is 0. The average molecular weight is 228 g/mol. The normalized spacial score (nSPS) is 27.8. The van der Waals surface area contributed by atoms with Crippen molar-refractivity contribution in [1.29, 1.82) is 0 Å². The highest BCUT2D eigenvalue weighted by molar-refractivity contribution is 4.71. The van der Waals surface area contributed by atoms with Crippen molar-refractivity contribution in [2.45, 2.75) is 53.4 Å². The maximum atomic E-state index is 5.21. The first kappa shape index (κ1) is 14.0. The molecule has 0 N–H and O–H groups in total. The van der Waals surface area contributed by atoms with Crippen molar-refractivity contribution in [1.82, 2.24) is 0 Å². The third-order valence-electron chi connectivity index (χ3n) is 3.69. The van der Waals surface area contributed by atoms with Gasteiger partial charge in [-0.3, -0.25) is 0 Å². The fraction of sp³-hybridized carbons (Fsp3) is 1.00. The molecule has 2 heteroatoms. The lowest BCUT2D eigenvalue weighted by molar-refractivity contribution is 0.0325. The van der Waals surface area contributed by atoms with E-state index < -0.39 is 0 Å². The van der Waals surface area contributed by atoms with Gasteiger partial charge in [-0.2, -0.15) is 0 Å². The first-order valence-electron chi connectivity index (χ1n) is 6.57. The molecule has 0 aromatic carbocycles. The second-order valence-electron chi connectivity index (χ2n) is 6.55. The zero-order chi connectivity index (χ0) is 12.1. The molecule has 2 aliphatic heterocycles. The molecular weight excluding hydrogens is 200 g/mol. The van der Waals surface area contributed by atoms with Crippen molar-refractivity contribution in [3.05, 3.63) is 0 Å². The van der Waals surface area contributed by atoms with Crippen molar-refractivity contribution in [2.75, 3.05) is 26.4 Å². The van der Waals surface area contributed by atoms with Crippen LogP contribution in [0.5, 0.6) is 0 Å². The summed E-state index contributed by atoms with van der Waals surface area (Å²) in [6, 6.07) is 0.